The maximum absolute atomic E-state index is 13.4. The first-order valence-electron chi connectivity index (χ1n) is 10.4. The number of rotatable bonds is 2. The van der Waals surface area contributed by atoms with Crippen molar-refractivity contribution in [3.63, 3.8) is 0 Å². The van der Waals surface area contributed by atoms with Crippen molar-refractivity contribution >= 4 is 25.6 Å². The van der Waals surface area contributed by atoms with Crippen molar-refractivity contribution in [3.8, 4) is 11.1 Å². The number of halogens is 1. The summed E-state index contributed by atoms with van der Waals surface area (Å²) in [4.78, 5) is 16.4. The molecular weight excluding hydrogens is 403 g/mol. The van der Waals surface area contributed by atoms with Crippen molar-refractivity contribution in [2.24, 2.45) is 10.1 Å². The van der Waals surface area contributed by atoms with E-state index in [1.54, 1.807) is 12.1 Å². The summed E-state index contributed by atoms with van der Waals surface area (Å²) >= 11 is 0. The zero-order valence-electron chi connectivity index (χ0n) is 18.3. The van der Waals surface area contributed by atoms with Gasteiger partial charge in [0, 0.05) is 11.0 Å². The van der Waals surface area contributed by atoms with Crippen LogP contribution < -0.4 is 0 Å². The lowest BCUT2D eigenvalue weighted by Gasteiger charge is -2.28. The van der Waals surface area contributed by atoms with Crippen LogP contribution in [0.1, 0.15) is 35.2 Å². The van der Waals surface area contributed by atoms with E-state index in [1.165, 1.54) is 0 Å². The van der Waals surface area contributed by atoms with Gasteiger partial charge < -0.3 is 0 Å². The fourth-order valence-corrected chi connectivity index (χ4v) is 4.55. The van der Waals surface area contributed by atoms with E-state index in [9.17, 15) is 9.18 Å². The second kappa shape index (κ2) is 8.97. The van der Waals surface area contributed by atoms with Crippen molar-refractivity contribution in [1.29, 1.82) is 0 Å². The number of hydrogen-bond donors (Lipinski definition) is 0. The number of ketones is 1. The third-order valence-electron chi connectivity index (χ3n) is 5.64. The highest BCUT2D eigenvalue weighted by molar-refractivity contribution is 6.75. The minimum Gasteiger partial charge on any atom is -0.294 e. The van der Waals surface area contributed by atoms with Gasteiger partial charge in [-0.25, -0.2) is 9.24 Å². The molecule has 0 bridgehead atoms. The molecule has 31 heavy (non-hydrogen) atoms. The second-order valence-corrected chi connectivity index (χ2v) is 13.7. The molecule has 0 aromatic heterocycles. The van der Waals surface area contributed by atoms with E-state index in [4.69, 9.17) is 6.57 Å². The van der Waals surface area contributed by atoms with Gasteiger partial charge in [-0.05, 0) is 86.6 Å². The van der Waals surface area contributed by atoms with Crippen LogP contribution >= 0.6 is 0 Å². The first kappa shape index (κ1) is 22.6. The van der Waals surface area contributed by atoms with E-state index in [2.05, 4.69) is 41.6 Å². The number of allylic oxidation sites excluding steroid dienone is 2. The number of benzene rings is 2. The predicted octanol–water partition coefficient (Wildman–Crippen LogP) is 7.34. The van der Waals surface area contributed by atoms with Gasteiger partial charge in [-0.1, -0.05) is 36.4 Å². The standard InChI is InChI=1S/C21H16FNO.C5H11NSi/c1-23-18-4-2-3-14(11-18)15-5-6-16-13-21(20(24)19(16)12-15)9-7-17(22)8-10-21;1-5-6-7(2,3)4/h2-7,11-12H,8-10,13H2;1H2,2-4H3. The first-order valence-corrected chi connectivity index (χ1v) is 13.9. The third kappa shape index (κ3) is 5.17. The average molecular weight is 431 g/mol. The maximum atomic E-state index is 13.4. The summed E-state index contributed by atoms with van der Waals surface area (Å²) < 4.78 is 17.4. The summed E-state index contributed by atoms with van der Waals surface area (Å²) in [6.45, 7) is 17.0. The highest BCUT2D eigenvalue weighted by Gasteiger charge is 2.45. The average Bonchev–Trinajstić information content (AvgIpc) is 3.01. The van der Waals surface area contributed by atoms with E-state index in [-0.39, 0.29) is 11.6 Å². The quantitative estimate of drug-likeness (QED) is 0.279. The molecule has 0 aliphatic heterocycles. The summed E-state index contributed by atoms with van der Waals surface area (Å²) in [5, 5.41) is 0. The zero-order valence-corrected chi connectivity index (χ0v) is 19.3. The topological polar surface area (TPSA) is 33.8 Å². The largest absolute Gasteiger partial charge is 0.294 e. The molecule has 158 valence electrons. The van der Waals surface area contributed by atoms with Crippen molar-refractivity contribution in [3.05, 3.63) is 83.5 Å². The Balaban J connectivity index is 0.000000339. The molecule has 3 nitrogen and oxygen atoms in total. The molecule has 0 saturated carbocycles. The molecule has 2 aliphatic rings. The highest BCUT2D eigenvalue weighted by Crippen LogP contribution is 2.47. The predicted molar refractivity (Wildman–Crippen MR) is 128 cm³/mol. The summed E-state index contributed by atoms with van der Waals surface area (Å²) in [5.41, 5.74) is 3.84. The molecule has 0 saturated heterocycles. The summed E-state index contributed by atoms with van der Waals surface area (Å²) in [6.07, 6.45) is 3.72. The fourth-order valence-electron chi connectivity index (χ4n) is 4.08. The Hall–Kier alpha value is -3.06. The molecule has 4 rings (SSSR count). The molecule has 2 aliphatic carbocycles. The number of nitrogens with zero attached hydrogens (tertiary/aromatic N) is 2. The smallest absolute Gasteiger partial charge is 0.187 e. The number of hydrogen-bond acceptors (Lipinski definition) is 2. The Bertz CT molecular complexity index is 1130. The highest BCUT2D eigenvalue weighted by atomic mass is 28.3. The van der Waals surface area contributed by atoms with Gasteiger partial charge in [0.25, 0.3) is 0 Å². The Morgan fingerprint density at radius 1 is 1.19 bits per heavy atom. The first-order chi connectivity index (χ1) is 14.7. The second-order valence-electron chi connectivity index (χ2n) is 9.12. The molecule has 1 atom stereocenters. The van der Waals surface area contributed by atoms with E-state index in [0.717, 1.165) is 22.3 Å². The zero-order chi connectivity index (χ0) is 22.6. The van der Waals surface area contributed by atoms with Gasteiger partial charge in [-0.2, -0.15) is 0 Å². The minimum atomic E-state index is -1.21. The van der Waals surface area contributed by atoms with Crippen LogP contribution in [0.25, 0.3) is 16.0 Å². The summed E-state index contributed by atoms with van der Waals surface area (Å²) in [7, 11) is -1.21. The summed E-state index contributed by atoms with van der Waals surface area (Å²) in [6, 6.07) is 13.4. The molecule has 2 aromatic rings. The third-order valence-corrected chi connectivity index (χ3v) is 6.47. The molecule has 0 radical (unpaired) electrons. The van der Waals surface area contributed by atoms with Crippen molar-refractivity contribution in [1.82, 2.24) is 0 Å². The Labute approximate surface area is 184 Å². The molecule has 2 aromatic carbocycles. The normalized spacial score (nSPS) is 19.5. The number of carbonyl (C=O) groups is 1. The molecule has 0 fully saturated rings. The van der Waals surface area contributed by atoms with Crippen LogP contribution in [0.15, 0.2) is 65.6 Å². The molecule has 0 N–H and O–H groups in total. The number of carbonyl (C=O) groups excluding carboxylic acids is 1. The molecule has 1 spiro atoms. The van der Waals surface area contributed by atoms with Crippen LogP contribution in [0.2, 0.25) is 19.6 Å². The SMILES string of the molecule is C=C=N[Si](C)(C)C.[C-]#[N+]c1cccc(-c2ccc3c(c2)C(=O)C2(CC=C(F)CC2)C3)c1. The van der Waals surface area contributed by atoms with Crippen LogP contribution in [0.5, 0.6) is 0 Å². The summed E-state index contributed by atoms with van der Waals surface area (Å²) in [5.74, 6) is 2.59. The van der Waals surface area contributed by atoms with Crippen LogP contribution in [0.3, 0.4) is 0 Å². The van der Waals surface area contributed by atoms with Gasteiger partial charge in [0.05, 0.1) is 12.4 Å². The van der Waals surface area contributed by atoms with E-state index in [1.807, 2.05) is 36.4 Å². The number of fused-ring (bicyclic) bond motifs is 1. The Morgan fingerprint density at radius 2 is 1.94 bits per heavy atom. The van der Waals surface area contributed by atoms with Gasteiger partial charge in [0.15, 0.2) is 19.7 Å². The van der Waals surface area contributed by atoms with Crippen LogP contribution in [0, 0.1) is 12.0 Å². The number of Topliss-reactive ketones (excluding diaryl/α,β-unsaturated/α-hetero) is 1. The molecule has 0 heterocycles. The van der Waals surface area contributed by atoms with E-state index < -0.39 is 13.7 Å². The van der Waals surface area contributed by atoms with Gasteiger partial charge >= 0.3 is 0 Å². The van der Waals surface area contributed by atoms with Crippen LogP contribution in [-0.4, -0.2) is 19.9 Å². The van der Waals surface area contributed by atoms with E-state index in [0.29, 0.717) is 31.4 Å². The molecule has 0 amide bonds. The monoisotopic (exact) mass is 430 g/mol. The molecule has 1 unspecified atom stereocenters. The lowest BCUT2D eigenvalue weighted by Crippen LogP contribution is -2.29. The van der Waals surface area contributed by atoms with Crippen molar-refractivity contribution in [2.75, 3.05) is 0 Å². The Kier molecular flexibility index (Phi) is 6.55. The minimum absolute atomic E-state index is 0.0963. The Morgan fingerprint density at radius 3 is 2.52 bits per heavy atom. The van der Waals surface area contributed by atoms with Crippen LogP contribution in [-0.2, 0) is 6.42 Å². The van der Waals surface area contributed by atoms with Gasteiger partial charge in [0.2, 0.25) is 0 Å². The van der Waals surface area contributed by atoms with E-state index >= 15 is 0 Å². The van der Waals surface area contributed by atoms with Gasteiger partial charge in [0.1, 0.15) is 0 Å². The van der Waals surface area contributed by atoms with Gasteiger partial charge in [-0.3, -0.25) is 9.45 Å². The maximum Gasteiger partial charge on any atom is 0.187 e. The van der Waals surface area contributed by atoms with Gasteiger partial charge in [-0.15, -0.1) is 0 Å². The van der Waals surface area contributed by atoms with Crippen molar-refractivity contribution < 1.29 is 9.18 Å². The van der Waals surface area contributed by atoms with Crippen molar-refractivity contribution in [2.45, 2.75) is 45.3 Å². The van der Waals surface area contributed by atoms with Crippen LogP contribution in [0.4, 0.5) is 10.1 Å². The fraction of sp³-hybridized carbons (Fsp3) is 0.308. The lowest BCUT2D eigenvalue weighted by molar-refractivity contribution is 0.0795. The lowest BCUT2D eigenvalue weighted by atomic mass is 9.73. The molecular formula is C26H27FN2OSi. The molecule has 5 heteroatoms.